The summed E-state index contributed by atoms with van der Waals surface area (Å²) in [5.41, 5.74) is 3.32. The number of hydrazine groups is 1. The van der Waals surface area contributed by atoms with E-state index in [9.17, 15) is 8.78 Å². The van der Waals surface area contributed by atoms with Gasteiger partial charge in [0.25, 0.3) is 5.76 Å². The Balaban J connectivity index is 1.95. The Hall–Kier alpha value is -1.34. The van der Waals surface area contributed by atoms with Crippen molar-refractivity contribution in [3.8, 4) is 0 Å². The molecule has 0 bridgehead atoms. The minimum Gasteiger partial charge on any atom is -0.325 e. The van der Waals surface area contributed by atoms with Crippen LogP contribution < -0.4 is 16.6 Å². The van der Waals surface area contributed by atoms with Gasteiger partial charge in [-0.1, -0.05) is 31.0 Å². The van der Waals surface area contributed by atoms with Gasteiger partial charge in [0.05, 0.1) is 6.04 Å². The number of halogens is 2. The van der Waals surface area contributed by atoms with E-state index in [1.54, 1.807) is 24.3 Å². The lowest BCUT2D eigenvalue weighted by Gasteiger charge is -2.19. The highest BCUT2D eigenvalue weighted by Crippen LogP contribution is 2.26. The van der Waals surface area contributed by atoms with Crippen molar-refractivity contribution in [2.24, 2.45) is 10.8 Å². The number of anilines is 1. The van der Waals surface area contributed by atoms with Crippen LogP contribution in [0.1, 0.15) is 32.1 Å². The first-order valence-electron chi connectivity index (χ1n) is 7.03. The van der Waals surface area contributed by atoms with Crippen molar-refractivity contribution in [3.05, 3.63) is 24.3 Å². The molecule has 4 nitrogen and oxygen atoms in total. The average Bonchev–Trinajstić information content (AvgIpc) is 2.49. The lowest BCUT2D eigenvalue weighted by molar-refractivity contribution is 0.252. The van der Waals surface area contributed by atoms with Crippen LogP contribution >= 0.6 is 11.8 Å². The van der Waals surface area contributed by atoms with Crippen LogP contribution in [0.4, 0.5) is 14.5 Å². The number of rotatable bonds is 4. The number of hydrogen-bond acceptors (Lipinski definition) is 3. The van der Waals surface area contributed by atoms with E-state index < -0.39 is 5.76 Å². The molecule has 7 heteroatoms. The first kappa shape index (κ1) is 16.0. The van der Waals surface area contributed by atoms with Crippen LogP contribution in [0.3, 0.4) is 0 Å². The summed E-state index contributed by atoms with van der Waals surface area (Å²) < 4.78 is 24.5. The van der Waals surface area contributed by atoms with Gasteiger partial charge in [0.2, 0.25) is 5.96 Å². The maximum absolute atomic E-state index is 12.2. The van der Waals surface area contributed by atoms with Crippen molar-refractivity contribution >= 4 is 23.4 Å². The second-order valence-corrected chi connectivity index (χ2v) is 6.01. The SMILES string of the molecule is NNC(=NC1CCCCC1)Nc1ccc(SC(F)F)cc1. The van der Waals surface area contributed by atoms with Gasteiger partial charge in [0.15, 0.2) is 0 Å². The molecular formula is C14H20F2N4S. The minimum atomic E-state index is -2.40. The third-order valence-corrected chi connectivity index (χ3v) is 4.09. The number of nitrogens with zero attached hydrogens (tertiary/aromatic N) is 1. The topological polar surface area (TPSA) is 62.4 Å². The zero-order chi connectivity index (χ0) is 15.1. The molecular weight excluding hydrogens is 294 g/mol. The molecule has 1 saturated carbocycles. The van der Waals surface area contributed by atoms with Crippen molar-refractivity contribution in [1.29, 1.82) is 0 Å². The Kier molecular flexibility index (Phi) is 6.25. The normalized spacial score (nSPS) is 17.0. The van der Waals surface area contributed by atoms with Crippen LogP contribution in [-0.2, 0) is 0 Å². The highest BCUT2D eigenvalue weighted by molar-refractivity contribution is 7.99. The number of hydrogen-bond donors (Lipinski definition) is 3. The molecule has 2 rings (SSSR count). The summed E-state index contributed by atoms with van der Waals surface area (Å²) in [4.78, 5) is 5.09. The van der Waals surface area contributed by atoms with E-state index in [2.05, 4.69) is 15.7 Å². The third-order valence-electron chi connectivity index (χ3n) is 3.37. The van der Waals surface area contributed by atoms with Crippen LogP contribution in [0.25, 0.3) is 0 Å². The third kappa shape index (κ3) is 5.51. The van der Waals surface area contributed by atoms with E-state index in [4.69, 9.17) is 5.84 Å². The largest absolute Gasteiger partial charge is 0.325 e. The lowest BCUT2D eigenvalue weighted by Crippen LogP contribution is -2.37. The second-order valence-electron chi connectivity index (χ2n) is 4.94. The molecule has 4 N–H and O–H groups in total. The Morgan fingerprint density at radius 3 is 2.43 bits per heavy atom. The number of nitrogens with one attached hydrogen (secondary N) is 2. The fourth-order valence-corrected chi connectivity index (χ4v) is 2.85. The van der Waals surface area contributed by atoms with Gasteiger partial charge in [-0.2, -0.15) is 8.78 Å². The fourth-order valence-electron chi connectivity index (χ4n) is 2.35. The maximum atomic E-state index is 12.2. The number of thioether (sulfide) groups is 1. The van der Waals surface area contributed by atoms with E-state index in [0.717, 1.165) is 18.5 Å². The van der Waals surface area contributed by atoms with Crippen LogP contribution in [0.2, 0.25) is 0 Å². The first-order valence-corrected chi connectivity index (χ1v) is 7.91. The van der Waals surface area contributed by atoms with E-state index in [0.29, 0.717) is 28.7 Å². The molecule has 1 aromatic carbocycles. The molecule has 0 radical (unpaired) electrons. The second kappa shape index (κ2) is 8.19. The summed E-state index contributed by atoms with van der Waals surface area (Å²) in [6, 6.07) is 7.06. The van der Waals surface area contributed by atoms with Crippen LogP contribution in [0, 0.1) is 0 Å². The zero-order valence-corrected chi connectivity index (χ0v) is 12.5. The van der Waals surface area contributed by atoms with Gasteiger partial charge in [0, 0.05) is 10.6 Å². The van der Waals surface area contributed by atoms with Gasteiger partial charge < -0.3 is 5.32 Å². The van der Waals surface area contributed by atoms with Gasteiger partial charge >= 0.3 is 0 Å². The lowest BCUT2D eigenvalue weighted by atomic mass is 9.96. The van der Waals surface area contributed by atoms with Gasteiger partial charge in [-0.05, 0) is 37.1 Å². The molecule has 0 saturated heterocycles. The van der Waals surface area contributed by atoms with E-state index in [-0.39, 0.29) is 0 Å². The predicted molar refractivity (Wildman–Crippen MR) is 83.6 cm³/mol. The Morgan fingerprint density at radius 1 is 1.19 bits per heavy atom. The van der Waals surface area contributed by atoms with Gasteiger partial charge in [-0.25, -0.2) is 10.8 Å². The highest BCUT2D eigenvalue weighted by atomic mass is 32.2. The first-order chi connectivity index (χ1) is 10.2. The smallest absolute Gasteiger partial charge is 0.288 e. The van der Waals surface area contributed by atoms with Crippen molar-refractivity contribution in [2.75, 3.05) is 5.32 Å². The van der Waals surface area contributed by atoms with E-state index >= 15 is 0 Å². The molecule has 116 valence electrons. The van der Waals surface area contributed by atoms with Gasteiger partial charge in [0.1, 0.15) is 0 Å². The highest BCUT2D eigenvalue weighted by Gasteiger charge is 2.13. The predicted octanol–water partition coefficient (Wildman–Crippen LogP) is 3.57. The van der Waals surface area contributed by atoms with Crippen molar-refractivity contribution in [3.63, 3.8) is 0 Å². The maximum Gasteiger partial charge on any atom is 0.288 e. The molecule has 0 atom stereocenters. The number of benzene rings is 1. The summed E-state index contributed by atoms with van der Waals surface area (Å²) in [6.07, 6.45) is 5.83. The summed E-state index contributed by atoms with van der Waals surface area (Å²) in [5.74, 6) is 3.59. The van der Waals surface area contributed by atoms with Crippen molar-refractivity contribution in [1.82, 2.24) is 5.43 Å². The Bertz CT molecular complexity index is 459. The van der Waals surface area contributed by atoms with E-state index in [1.165, 1.54) is 19.3 Å². The fraction of sp³-hybridized carbons (Fsp3) is 0.500. The van der Waals surface area contributed by atoms with Crippen LogP contribution in [-0.4, -0.2) is 17.8 Å². The van der Waals surface area contributed by atoms with Gasteiger partial charge in [-0.15, -0.1) is 0 Å². The standard InChI is InChI=1S/C14H20F2N4S/c15-13(16)21-12-8-6-11(7-9-12)19-14(20-17)18-10-4-2-1-3-5-10/h6-10,13H,1-5,17H2,(H2,18,19,20). The number of nitrogens with two attached hydrogens (primary N) is 1. The molecule has 0 spiro atoms. The van der Waals surface area contributed by atoms with Crippen molar-refractivity contribution in [2.45, 2.75) is 48.8 Å². The zero-order valence-electron chi connectivity index (χ0n) is 11.7. The Labute approximate surface area is 127 Å². The number of alkyl halides is 2. The molecule has 21 heavy (non-hydrogen) atoms. The van der Waals surface area contributed by atoms with Gasteiger partial charge in [-0.3, -0.25) is 5.43 Å². The average molecular weight is 314 g/mol. The molecule has 0 amide bonds. The Morgan fingerprint density at radius 2 is 1.86 bits per heavy atom. The quantitative estimate of drug-likeness (QED) is 0.261. The van der Waals surface area contributed by atoms with E-state index in [1.807, 2.05) is 0 Å². The monoisotopic (exact) mass is 314 g/mol. The summed E-state index contributed by atoms with van der Waals surface area (Å²) in [5, 5.41) is 3.07. The number of guanidine groups is 1. The molecule has 0 heterocycles. The summed E-state index contributed by atoms with van der Waals surface area (Å²) in [6.45, 7) is 0. The summed E-state index contributed by atoms with van der Waals surface area (Å²) in [7, 11) is 0. The summed E-state index contributed by atoms with van der Waals surface area (Å²) >= 11 is 0.529. The molecule has 1 fully saturated rings. The minimum absolute atomic E-state index is 0.297. The molecule has 1 aromatic rings. The van der Waals surface area contributed by atoms with Crippen LogP contribution in [0.5, 0.6) is 0 Å². The molecule has 0 aliphatic heterocycles. The van der Waals surface area contributed by atoms with Crippen LogP contribution in [0.15, 0.2) is 34.2 Å². The molecule has 1 aliphatic rings. The number of aliphatic imine (C=N–C) groups is 1. The molecule has 0 aromatic heterocycles. The molecule has 1 aliphatic carbocycles. The van der Waals surface area contributed by atoms with Crippen molar-refractivity contribution < 1.29 is 8.78 Å². The molecule has 0 unspecified atom stereocenters.